The van der Waals surface area contributed by atoms with E-state index in [1.807, 2.05) is 59.4 Å². The van der Waals surface area contributed by atoms with E-state index in [1.54, 1.807) is 32.4 Å². The second kappa shape index (κ2) is 8.40. The van der Waals surface area contributed by atoms with Crippen molar-refractivity contribution in [1.82, 2.24) is 14.7 Å². The zero-order valence-corrected chi connectivity index (χ0v) is 15.8. The first-order chi connectivity index (χ1) is 13.1. The van der Waals surface area contributed by atoms with Crippen LogP contribution in [-0.2, 0) is 13.1 Å². The lowest BCUT2D eigenvalue weighted by molar-refractivity contribution is 0.0785. The van der Waals surface area contributed by atoms with Crippen LogP contribution in [0.25, 0.3) is 0 Å². The van der Waals surface area contributed by atoms with Gasteiger partial charge in [-0.3, -0.25) is 9.48 Å². The van der Waals surface area contributed by atoms with Crippen molar-refractivity contribution in [1.29, 1.82) is 0 Å². The van der Waals surface area contributed by atoms with Crippen molar-refractivity contribution in [3.63, 3.8) is 0 Å². The van der Waals surface area contributed by atoms with E-state index in [2.05, 4.69) is 5.10 Å². The molecule has 6 heteroatoms. The third-order valence-corrected chi connectivity index (χ3v) is 4.32. The fourth-order valence-electron chi connectivity index (χ4n) is 2.88. The Balaban J connectivity index is 1.66. The fourth-order valence-corrected chi connectivity index (χ4v) is 2.88. The molecule has 140 valence electrons. The molecule has 0 saturated carbocycles. The number of ether oxygens (including phenoxy) is 2. The summed E-state index contributed by atoms with van der Waals surface area (Å²) in [4.78, 5) is 14.4. The molecule has 0 atom stereocenters. The summed E-state index contributed by atoms with van der Waals surface area (Å²) in [5, 5.41) is 4.19. The maximum Gasteiger partial charge on any atom is 0.253 e. The molecule has 2 aromatic carbocycles. The number of hydrogen-bond donors (Lipinski definition) is 0. The van der Waals surface area contributed by atoms with Crippen LogP contribution in [0.3, 0.4) is 0 Å². The molecule has 0 saturated heterocycles. The summed E-state index contributed by atoms with van der Waals surface area (Å²) in [6.07, 6.45) is 3.66. The van der Waals surface area contributed by atoms with Crippen molar-refractivity contribution in [3.8, 4) is 11.5 Å². The monoisotopic (exact) mass is 365 g/mol. The Morgan fingerprint density at radius 2 is 1.74 bits per heavy atom. The Labute approximate surface area is 158 Å². The van der Waals surface area contributed by atoms with Crippen LogP contribution >= 0.6 is 0 Å². The van der Waals surface area contributed by atoms with E-state index in [9.17, 15) is 4.79 Å². The first kappa shape index (κ1) is 18.5. The minimum atomic E-state index is -0.0320. The highest BCUT2D eigenvalue weighted by Gasteiger charge is 2.13. The zero-order chi connectivity index (χ0) is 19.2. The van der Waals surface area contributed by atoms with E-state index in [-0.39, 0.29) is 5.91 Å². The van der Waals surface area contributed by atoms with Crippen molar-refractivity contribution in [2.75, 3.05) is 21.3 Å². The Morgan fingerprint density at radius 3 is 2.37 bits per heavy atom. The van der Waals surface area contributed by atoms with Crippen molar-refractivity contribution in [2.24, 2.45) is 0 Å². The minimum absolute atomic E-state index is 0.0320. The lowest BCUT2D eigenvalue weighted by Gasteiger charge is -2.18. The predicted octanol–water partition coefficient (Wildman–Crippen LogP) is 3.22. The summed E-state index contributed by atoms with van der Waals surface area (Å²) in [6, 6.07) is 15.2. The van der Waals surface area contributed by atoms with Crippen molar-refractivity contribution in [2.45, 2.75) is 13.1 Å². The third-order valence-electron chi connectivity index (χ3n) is 4.32. The maximum atomic E-state index is 12.7. The molecule has 0 aliphatic heterocycles. The van der Waals surface area contributed by atoms with Crippen LogP contribution in [0.4, 0.5) is 0 Å². The predicted molar refractivity (Wildman–Crippen MR) is 103 cm³/mol. The molecule has 1 aromatic heterocycles. The van der Waals surface area contributed by atoms with Gasteiger partial charge in [0.1, 0.15) is 0 Å². The molecule has 0 radical (unpaired) electrons. The minimum Gasteiger partial charge on any atom is -0.493 e. The topological polar surface area (TPSA) is 56.6 Å². The molecule has 0 aliphatic rings. The summed E-state index contributed by atoms with van der Waals surface area (Å²) in [6.45, 7) is 1.16. The summed E-state index contributed by atoms with van der Waals surface area (Å²) in [5.74, 6) is 1.29. The van der Waals surface area contributed by atoms with E-state index >= 15 is 0 Å². The molecule has 0 aliphatic carbocycles. The maximum absolute atomic E-state index is 12.7. The molecule has 6 nitrogen and oxygen atoms in total. The van der Waals surface area contributed by atoms with Crippen molar-refractivity contribution >= 4 is 5.91 Å². The number of amides is 1. The molecule has 1 amide bonds. The molecule has 3 rings (SSSR count). The van der Waals surface area contributed by atoms with E-state index in [1.165, 1.54) is 0 Å². The summed E-state index contributed by atoms with van der Waals surface area (Å²) in [7, 11) is 4.99. The van der Waals surface area contributed by atoms with Crippen LogP contribution in [0.15, 0.2) is 60.9 Å². The molecular formula is C21H23N3O3. The summed E-state index contributed by atoms with van der Waals surface area (Å²) < 4.78 is 12.4. The lowest BCUT2D eigenvalue weighted by Crippen LogP contribution is -2.26. The van der Waals surface area contributed by atoms with E-state index in [0.29, 0.717) is 30.2 Å². The number of aromatic nitrogens is 2. The third kappa shape index (κ3) is 4.47. The van der Waals surface area contributed by atoms with Crippen molar-refractivity contribution < 1.29 is 14.3 Å². The highest BCUT2D eigenvalue weighted by Crippen LogP contribution is 2.28. The van der Waals surface area contributed by atoms with Crippen LogP contribution in [0.2, 0.25) is 0 Å². The van der Waals surface area contributed by atoms with Crippen LogP contribution in [0, 0.1) is 0 Å². The molecule has 0 spiro atoms. The van der Waals surface area contributed by atoms with Crippen LogP contribution in [0.1, 0.15) is 21.5 Å². The van der Waals surface area contributed by atoms with Gasteiger partial charge in [-0.1, -0.05) is 18.2 Å². The number of rotatable bonds is 7. The van der Waals surface area contributed by atoms with Gasteiger partial charge in [-0.05, 0) is 41.5 Å². The Bertz CT molecular complexity index is 890. The first-order valence-corrected chi connectivity index (χ1v) is 8.63. The number of carbonyl (C=O) groups excluding carboxylic acids is 1. The number of hydrogen-bond acceptors (Lipinski definition) is 4. The number of benzene rings is 2. The Morgan fingerprint density at radius 1 is 1.04 bits per heavy atom. The molecule has 0 unspecified atom stereocenters. The van der Waals surface area contributed by atoms with Gasteiger partial charge in [0.05, 0.1) is 20.8 Å². The second-order valence-corrected chi connectivity index (χ2v) is 6.25. The van der Waals surface area contributed by atoms with Gasteiger partial charge >= 0.3 is 0 Å². The van der Waals surface area contributed by atoms with E-state index < -0.39 is 0 Å². The Hall–Kier alpha value is -3.28. The van der Waals surface area contributed by atoms with Crippen molar-refractivity contribution in [3.05, 3.63) is 77.6 Å². The van der Waals surface area contributed by atoms with E-state index in [4.69, 9.17) is 9.47 Å². The van der Waals surface area contributed by atoms with Gasteiger partial charge in [0.15, 0.2) is 11.5 Å². The highest BCUT2D eigenvalue weighted by molar-refractivity contribution is 5.94. The number of nitrogens with zero attached hydrogens (tertiary/aromatic N) is 3. The average molecular weight is 365 g/mol. The average Bonchev–Trinajstić information content (AvgIpc) is 3.21. The fraction of sp³-hybridized carbons (Fsp3) is 0.238. The van der Waals surface area contributed by atoms with Gasteiger partial charge in [-0.25, -0.2) is 0 Å². The standard InChI is InChI=1S/C21H23N3O3/c1-23(14-17-7-10-19(26-2)20(13-17)27-3)21(25)18-8-5-16(6-9-18)15-24-12-4-11-22-24/h4-13H,14-15H2,1-3H3. The summed E-state index contributed by atoms with van der Waals surface area (Å²) in [5.41, 5.74) is 2.72. The van der Waals surface area contributed by atoms with Gasteiger partial charge in [0, 0.05) is 31.5 Å². The van der Waals surface area contributed by atoms with Gasteiger partial charge in [-0.2, -0.15) is 5.10 Å². The molecule has 0 fully saturated rings. The molecule has 3 aromatic rings. The van der Waals surface area contributed by atoms with Gasteiger partial charge in [0.25, 0.3) is 5.91 Å². The molecule has 0 bridgehead atoms. The Kier molecular flexibility index (Phi) is 5.76. The SMILES string of the molecule is COc1ccc(CN(C)C(=O)c2ccc(Cn3cccn3)cc2)cc1OC. The molecule has 27 heavy (non-hydrogen) atoms. The van der Waals surface area contributed by atoms with Gasteiger partial charge in [-0.15, -0.1) is 0 Å². The molecule has 0 N–H and O–H groups in total. The van der Waals surface area contributed by atoms with Gasteiger partial charge in [0.2, 0.25) is 0 Å². The normalized spacial score (nSPS) is 10.5. The first-order valence-electron chi connectivity index (χ1n) is 8.63. The van der Waals surface area contributed by atoms with Crippen LogP contribution in [0.5, 0.6) is 11.5 Å². The van der Waals surface area contributed by atoms with E-state index in [0.717, 1.165) is 11.1 Å². The molecule has 1 heterocycles. The largest absolute Gasteiger partial charge is 0.493 e. The lowest BCUT2D eigenvalue weighted by atomic mass is 10.1. The van der Waals surface area contributed by atoms with Gasteiger partial charge < -0.3 is 14.4 Å². The van der Waals surface area contributed by atoms with Crippen LogP contribution < -0.4 is 9.47 Å². The quantitative estimate of drug-likeness (QED) is 0.645. The molecular weight excluding hydrogens is 342 g/mol. The van der Waals surface area contributed by atoms with Crippen LogP contribution in [-0.4, -0.2) is 41.9 Å². The number of carbonyl (C=O) groups is 1. The smallest absolute Gasteiger partial charge is 0.253 e. The summed E-state index contributed by atoms with van der Waals surface area (Å²) >= 11 is 0. The highest BCUT2D eigenvalue weighted by atomic mass is 16.5. The number of methoxy groups -OCH3 is 2. The zero-order valence-electron chi connectivity index (χ0n) is 15.8. The second-order valence-electron chi connectivity index (χ2n) is 6.25.